The summed E-state index contributed by atoms with van der Waals surface area (Å²) in [4.78, 5) is 0. The van der Waals surface area contributed by atoms with Gasteiger partial charge in [-0.05, 0) is 38.7 Å². The zero-order valence-corrected chi connectivity index (χ0v) is 13.4. The molecule has 0 aromatic heterocycles. The zero-order chi connectivity index (χ0) is 15.3. The first-order chi connectivity index (χ1) is 9.80. The summed E-state index contributed by atoms with van der Waals surface area (Å²) in [6.45, 7) is 9.00. The molecule has 1 aromatic rings. The fourth-order valence-corrected chi connectivity index (χ4v) is 3.92. The van der Waals surface area contributed by atoms with Crippen molar-refractivity contribution in [3.05, 3.63) is 35.6 Å². The van der Waals surface area contributed by atoms with Gasteiger partial charge in [0, 0.05) is 12.0 Å². The molecular formula is C18H25FO2. The third-order valence-electron chi connectivity index (χ3n) is 5.77. The van der Waals surface area contributed by atoms with Gasteiger partial charge in [-0.15, -0.1) is 0 Å². The zero-order valence-electron chi connectivity index (χ0n) is 13.4. The average molecular weight is 292 g/mol. The summed E-state index contributed by atoms with van der Waals surface area (Å²) in [5.41, 5.74) is -0.0670. The molecule has 0 unspecified atom stereocenters. The minimum absolute atomic E-state index is 0.0707. The lowest BCUT2D eigenvalue weighted by Crippen LogP contribution is -2.49. The molecule has 2 bridgehead atoms. The van der Waals surface area contributed by atoms with Crippen LogP contribution in [0.25, 0.3) is 0 Å². The summed E-state index contributed by atoms with van der Waals surface area (Å²) < 4.78 is 26.4. The van der Waals surface area contributed by atoms with Crippen LogP contribution in [0.15, 0.2) is 24.3 Å². The molecule has 2 saturated heterocycles. The lowest BCUT2D eigenvalue weighted by atomic mass is 9.69. The van der Waals surface area contributed by atoms with E-state index in [-0.39, 0.29) is 22.6 Å². The molecule has 0 radical (unpaired) electrons. The van der Waals surface area contributed by atoms with Crippen LogP contribution in [0.1, 0.15) is 52.5 Å². The molecule has 3 atom stereocenters. The number of halogens is 1. The van der Waals surface area contributed by atoms with Crippen molar-refractivity contribution in [2.75, 3.05) is 0 Å². The number of benzene rings is 1. The van der Waals surface area contributed by atoms with E-state index in [1.54, 1.807) is 12.1 Å². The average Bonchev–Trinajstić information content (AvgIpc) is 2.88. The summed E-state index contributed by atoms with van der Waals surface area (Å²) in [6, 6.07) is 6.82. The summed E-state index contributed by atoms with van der Waals surface area (Å²) in [5.74, 6) is 0.270. The summed E-state index contributed by atoms with van der Waals surface area (Å²) in [5, 5.41) is 0. The third-order valence-corrected chi connectivity index (χ3v) is 5.77. The fourth-order valence-electron chi connectivity index (χ4n) is 3.92. The minimum atomic E-state index is -0.349. The Hall–Kier alpha value is -0.930. The number of hydrogen-bond donors (Lipinski definition) is 0. The Kier molecular flexibility index (Phi) is 3.42. The summed E-state index contributed by atoms with van der Waals surface area (Å²) in [6.07, 6.45) is 3.00. The van der Waals surface area contributed by atoms with E-state index in [2.05, 4.69) is 27.7 Å². The van der Waals surface area contributed by atoms with Gasteiger partial charge >= 0.3 is 0 Å². The van der Waals surface area contributed by atoms with Crippen LogP contribution in [0.4, 0.5) is 4.39 Å². The van der Waals surface area contributed by atoms with Gasteiger partial charge in [0.05, 0.1) is 23.4 Å². The first kappa shape index (κ1) is 15.0. The molecule has 2 heterocycles. The van der Waals surface area contributed by atoms with Crippen LogP contribution in [0.5, 0.6) is 0 Å². The highest BCUT2D eigenvalue weighted by Gasteiger charge is 2.66. The van der Waals surface area contributed by atoms with Crippen LogP contribution in [0.3, 0.4) is 0 Å². The molecule has 21 heavy (non-hydrogen) atoms. The lowest BCUT2D eigenvalue weighted by Gasteiger charge is -2.40. The molecule has 0 spiro atoms. The van der Waals surface area contributed by atoms with E-state index >= 15 is 0 Å². The smallest absolute Gasteiger partial charge is 0.128 e. The molecule has 0 amide bonds. The quantitative estimate of drug-likeness (QED) is 0.815. The van der Waals surface area contributed by atoms with Crippen molar-refractivity contribution in [3.63, 3.8) is 0 Å². The summed E-state index contributed by atoms with van der Waals surface area (Å²) in [7, 11) is 0. The normalized spacial score (nSPS) is 38.4. The van der Waals surface area contributed by atoms with E-state index in [0.29, 0.717) is 18.1 Å². The monoisotopic (exact) mass is 292 g/mol. The molecule has 116 valence electrons. The molecule has 2 aliphatic rings. The topological polar surface area (TPSA) is 18.5 Å². The Morgan fingerprint density at radius 3 is 2.57 bits per heavy atom. The Labute approximate surface area is 126 Å². The maximum Gasteiger partial charge on any atom is 0.128 e. The van der Waals surface area contributed by atoms with Crippen molar-refractivity contribution >= 4 is 0 Å². The van der Waals surface area contributed by atoms with E-state index in [0.717, 1.165) is 19.3 Å². The van der Waals surface area contributed by atoms with Gasteiger partial charge in [0.15, 0.2) is 0 Å². The van der Waals surface area contributed by atoms with E-state index in [1.807, 2.05) is 6.07 Å². The van der Waals surface area contributed by atoms with E-state index in [4.69, 9.17) is 9.47 Å². The first-order valence-corrected chi connectivity index (χ1v) is 7.88. The minimum Gasteiger partial charge on any atom is -0.367 e. The SMILES string of the molecule is CC(C)[C@@]12CC[C@@](C)(O1)[C@@](C)(OCc1ccccc1F)C2. The van der Waals surface area contributed by atoms with Crippen molar-refractivity contribution in [2.45, 2.75) is 70.4 Å². The molecule has 3 heteroatoms. The molecule has 2 fully saturated rings. The van der Waals surface area contributed by atoms with E-state index < -0.39 is 0 Å². The first-order valence-electron chi connectivity index (χ1n) is 7.88. The van der Waals surface area contributed by atoms with Gasteiger partial charge in [-0.3, -0.25) is 0 Å². The Morgan fingerprint density at radius 1 is 1.24 bits per heavy atom. The molecular weight excluding hydrogens is 267 g/mol. The van der Waals surface area contributed by atoms with Crippen LogP contribution in [-0.4, -0.2) is 16.8 Å². The highest BCUT2D eigenvalue weighted by molar-refractivity contribution is 5.19. The molecule has 0 N–H and O–H groups in total. The third kappa shape index (κ3) is 2.22. The van der Waals surface area contributed by atoms with Crippen LogP contribution in [0, 0.1) is 11.7 Å². The maximum absolute atomic E-state index is 13.8. The number of fused-ring (bicyclic) bond motifs is 2. The number of hydrogen-bond acceptors (Lipinski definition) is 2. The standard InChI is InChI=1S/C18H25FO2/c1-13(2)18-10-9-16(3,21-18)17(4,12-18)20-11-14-7-5-6-8-15(14)19/h5-8,13H,9-12H2,1-4H3/t16-,17+,18+/m1/s1. The van der Waals surface area contributed by atoms with Gasteiger partial charge in [0.25, 0.3) is 0 Å². The highest BCUT2D eigenvalue weighted by Crippen LogP contribution is 2.60. The molecule has 1 aromatic carbocycles. The summed E-state index contributed by atoms with van der Waals surface area (Å²) >= 11 is 0. The van der Waals surface area contributed by atoms with Crippen LogP contribution in [0.2, 0.25) is 0 Å². The molecule has 3 rings (SSSR count). The van der Waals surface area contributed by atoms with E-state index in [9.17, 15) is 4.39 Å². The second kappa shape index (κ2) is 4.79. The lowest BCUT2D eigenvalue weighted by molar-refractivity contribution is -0.142. The molecule has 2 nitrogen and oxygen atoms in total. The van der Waals surface area contributed by atoms with Crippen LogP contribution >= 0.6 is 0 Å². The number of rotatable bonds is 4. The Bertz CT molecular complexity index is 544. The van der Waals surface area contributed by atoms with Gasteiger partial charge in [-0.1, -0.05) is 32.0 Å². The largest absolute Gasteiger partial charge is 0.367 e. The predicted molar refractivity (Wildman–Crippen MR) is 80.5 cm³/mol. The van der Waals surface area contributed by atoms with E-state index in [1.165, 1.54) is 6.07 Å². The van der Waals surface area contributed by atoms with Gasteiger partial charge in [-0.2, -0.15) is 0 Å². The van der Waals surface area contributed by atoms with Crippen molar-refractivity contribution < 1.29 is 13.9 Å². The van der Waals surface area contributed by atoms with Gasteiger partial charge in [0.2, 0.25) is 0 Å². The van der Waals surface area contributed by atoms with Crippen molar-refractivity contribution in [3.8, 4) is 0 Å². The van der Waals surface area contributed by atoms with Crippen LogP contribution < -0.4 is 0 Å². The highest BCUT2D eigenvalue weighted by atomic mass is 19.1. The van der Waals surface area contributed by atoms with Crippen molar-refractivity contribution in [2.24, 2.45) is 5.92 Å². The van der Waals surface area contributed by atoms with Gasteiger partial charge in [0.1, 0.15) is 5.82 Å². The van der Waals surface area contributed by atoms with Crippen molar-refractivity contribution in [1.82, 2.24) is 0 Å². The second-order valence-corrected chi connectivity index (χ2v) is 7.34. The predicted octanol–water partition coefficient (Wildman–Crippen LogP) is 4.47. The molecule has 0 aliphatic carbocycles. The molecule has 0 saturated carbocycles. The fraction of sp³-hybridized carbons (Fsp3) is 0.667. The number of ether oxygens (including phenoxy) is 2. The Morgan fingerprint density at radius 2 is 1.95 bits per heavy atom. The molecule has 2 aliphatic heterocycles. The maximum atomic E-state index is 13.8. The second-order valence-electron chi connectivity index (χ2n) is 7.34. The Balaban J connectivity index is 1.78. The van der Waals surface area contributed by atoms with Gasteiger partial charge in [-0.25, -0.2) is 4.39 Å². The van der Waals surface area contributed by atoms with Gasteiger partial charge < -0.3 is 9.47 Å². The van der Waals surface area contributed by atoms with Crippen molar-refractivity contribution in [1.29, 1.82) is 0 Å². The van der Waals surface area contributed by atoms with Crippen LogP contribution in [-0.2, 0) is 16.1 Å².